The number of rotatable bonds is 5. The van der Waals surface area contributed by atoms with Crippen LogP contribution in [0, 0.1) is 5.92 Å². The van der Waals surface area contributed by atoms with Crippen LogP contribution in [0.3, 0.4) is 0 Å². The molecule has 0 saturated heterocycles. The fraction of sp³-hybridized carbons (Fsp3) is 0.316. The Bertz CT molecular complexity index is 892. The van der Waals surface area contributed by atoms with Crippen molar-refractivity contribution in [3.63, 3.8) is 0 Å². The van der Waals surface area contributed by atoms with Crippen LogP contribution < -0.4 is 5.32 Å². The molecule has 0 spiro atoms. The van der Waals surface area contributed by atoms with Crippen LogP contribution in [0.25, 0.3) is 11.3 Å². The number of carbonyl (C=O) groups is 1. The number of benzene rings is 1. The molecule has 0 bridgehead atoms. The zero-order chi connectivity index (χ0) is 17.8. The number of aryl methyl sites for hydroxylation is 1. The average molecular weight is 348 g/mol. The number of fused-ring (bicyclic) bond motifs is 1. The highest BCUT2D eigenvalue weighted by molar-refractivity contribution is 5.78. The Morgan fingerprint density at radius 3 is 2.96 bits per heavy atom. The van der Waals surface area contributed by atoms with E-state index in [1.165, 1.54) is 0 Å². The summed E-state index contributed by atoms with van der Waals surface area (Å²) in [5.41, 5.74) is 1.96. The maximum atomic E-state index is 12.4. The highest BCUT2D eigenvalue weighted by atomic mass is 16.1. The third-order valence-electron chi connectivity index (χ3n) is 4.60. The van der Waals surface area contributed by atoms with Gasteiger partial charge >= 0.3 is 0 Å². The van der Waals surface area contributed by atoms with E-state index in [2.05, 4.69) is 25.4 Å². The van der Waals surface area contributed by atoms with Crippen molar-refractivity contribution in [1.29, 1.82) is 0 Å². The summed E-state index contributed by atoms with van der Waals surface area (Å²) in [5, 5.41) is 7.16. The van der Waals surface area contributed by atoms with Gasteiger partial charge in [-0.25, -0.2) is 19.6 Å². The average Bonchev–Trinajstić information content (AvgIpc) is 3.17. The van der Waals surface area contributed by atoms with E-state index in [0.717, 1.165) is 35.7 Å². The van der Waals surface area contributed by atoms with Gasteiger partial charge in [-0.2, -0.15) is 5.10 Å². The number of amides is 1. The van der Waals surface area contributed by atoms with Gasteiger partial charge in [0.25, 0.3) is 0 Å². The Labute approximate surface area is 151 Å². The molecule has 2 aromatic heterocycles. The van der Waals surface area contributed by atoms with Gasteiger partial charge in [0.15, 0.2) is 0 Å². The molecule has 1 aliphatic heterocycles. The van der Waals surface area contributed by atoms with Crippen LogP contribution in [-0.2, 0) is 24.2 Å². The van der Waals surface area contributed by atoms with Gasteiger partial charge in [-0.05, 0) is 12.5 Å². The largest absolute Gasteiger partial charge is 0.355 e. The van der Waals surface area contributed by atoms with E-state index in [1.807, 2.05) is 41.1 Å². The Morgan fingerprint density at radius 2 is 2.08 bits per heavy atom. The molecule has 1 aliphatic rings. The number of nitrogens with one attached hydrogen (secondary N) is 1. The molecule has 1 unspecified atom stereocenters. The SMILES string of the molecule is O=C(NCCc1nccc(-c2ccccc2)n1)C1CCc2ncnn2C1. The van der Waals surface area contributed by atoms with Gasteiger partial charge in [0.1, 0.15) is 18.0 Å². The Kier molecular flexibility index (Phi) is 4.68. The molecule has 7 heteroatoms. The van der Waals surface area contributed by atoms with Crippen LogP contribution in [0.15, 0.2) is 48.9 Å². The summed E-state index contributed by atoms with van der Waals surface area (Å²) in [5.74, 6) is 1.69. The zero-order valence-corrected chi connectivity index (χ0v) is 14.4. The molecule has 132 valence electrons. The monoisotopic (exact) mass is 348 g/mol. The number of aromatic nitrogens is 5. The van der Waals surface area contributed by atoms with E-state index in [4.69, 9.17) is 0 Å². The number of hydrogen-bond acceptors (Lipinski definition) is 5. The fourth-order valence-corrected chi connectivity index (χ4v) is 3.18. The van der Waals surface area contributed by atoms with Crippen LogP contribution in [0.5, 0.6) is 0 Å². The van der Waals surface area contributed by atoms with E-state index in [9.17, 15) is 4.79 Å². The molecule has 1 atom stereocenters. The summed E-state index contributed by atoms with van der Waals surface area (Å²) in [4.78, 5) is 25.5. The van der Waals surface area contributed by atoms with Gasteiger partial charge in [-0.15, -0.1) is 0 Å². The molecular weight excluding hydrogens is 328 g/mol. The van der Waals surface area contributed by atoms with Gasteiger partial charge in [0, 0.05) is 31.1 Å². The quantitative estimate of drug-likeness (QED) is 0.758. The lowest BCUT2D eigenvalue weighted by Crippen LogP contribution is -2.37. The van der Waals surface area contributed by atoms with Crippen molar-refractivity contribution in [2.24, 2.45) is 5.92 Å². The number of carbonyl (C=O) groups excluding carboxylic acids is 1. The van der Waals surface area contributed by atoms with Crippen molar-refractivity contribution in [2.45, 2.75) is 25.8 Å². The van der Waals surface area contributed by atoms with Crippen LogP contribution in [0.2, 0.25) is 0 Å². The second kappa shape index (κ2) is 7.43. The second-order valence-corrected chi connectivity index (χ2v) is 6.36. The molecule has 1 N–H and O–H groups in total. The third kappa shape index (κ3) is 3.61. The molecule has 1 aromatic carbocycles. The topological polar surface area (TPSA) is 85.6 Å². The van der Waals surface area contributed by atoms with Crippen LogP contribution in [0.1, 0.15) is 18.1 Å². The molecule has 0 fully saturated rings. The number of nitrogens with zero attached hydrogens (tertiary/aromatic N) is 5. The van der Waals surface area contributed by atoms with Crippen molar-refractivity contribution < 1.29 is 4.79 Å². The van der Waals surface area contributed by atoms with Crippen LogP contribution >= 0.6 is 0 Å². The van der Waals surface area contributed by atoms with Gasteiger partial charge in [0.2, 0.25) is 5.91 Å². The first-order valence-electron chi connectivity index (χ1n) is 8.81. The summed E-state index contributed by atoms with van der Waals surface area (Å²) >= 11 is 0. The molecule has 1 amide bonds. The minimum absolute atomic E-state index is 0.0548. The first-order valence-corrected chi connectivity index (χ1v) is 8.81. The standard InChI is InChI=1S/C19H20N6O/c26-19(15-6-7-18-22-13-23-25(18)12-15)21-11-9-17-20-10-8-16(24-17)14-4-2-1-3-5-14/h1-5,8,10,13,15H,6-7,9,11-12H2,(H,21,26). The Balaban J connectivity index is 1.32. The van der Waals surface area contributed by atoms with Crippen molar-refractivity contribution in [3.8, 4) is 11.3 Å². The van der Waals surface area contributed by atoms with Gasteiger partial charge < -0.3 is 5.32 Å². The lowest BCUT2D eigenvalue weighted by molar-refractivity contribution is -0.126. The van der Waals surface area contributed by atoms with Crippen LogP contribution in [-0.4, -0.2) is 37.2 Å². The highest BCUT2D eigenvalue weighted by Gasteiger charge is 2.25. The van der Waals surface area contributed by atoms with Gasteiger partial charge in [0.05, 0.1) is 18.2 Å². The first-order chi connectivity index (χ1) is 12.8. The molecular formula is C19H20N6O. The van der Waals surface area contributed by atoms with E-state index in [-0.39, 0.29) is 11.8 Å². The number of hydrogen-bond donors (Lipinski definition) is 1. The molecule has 3 heterocycles. The third-order valence-corrected chi connectivity index (χ3v) is 4.60. The van der Waals surface area contributed by atoms with E-state index < -0.39 is 0 Å². The first kappa shape index (κ1) is 16.4. The minimum Gasteiger partial charge on any atom is -0.355 e. The van der Waals surface area contributed by atoms with Crippen molar-refractivity contribution in [3.05, 3.63) is 60.6 Å². The lowest BCUT2D eigenvalue weighted by Gasteiger charge is -2.21. The predicted molar refractivity (Wildman–Crippen MR) is 96.0 cm³/mol. The maximum Gasteiger partial charge on any atom is 0.225 e. The van der Waals surface area contributed by atoms with Crippen molar-refractivity contribution >= 4 is 5.91 Å². The van der Waals surface area contributed by atoms with Crippen molar-refractivity contribution in [1.82, 2.24) is 30.0 Å². The zero-order valence-electron chi connectivity index (χ0n) is 14.4. The molecule has 4 rings (SSSR count). The van der Waals surface area contributed by atoms with E-state index in [0.29, 0.717) is 19.5 Å². The normalized spacial score (nSPS) is 16.1. The predicted octanol–water partition coefficient (Wildman–Crippen LogP) is 1.66. The molecule has 0 aliphatic carbocycles. The Morgan fingerprint density at radius 1 is 1.19 bits per heavy atom. The molecule has 26 heavy (non-hydrogen) atoms. The molecule has 3 aromatic rings. The van der Waals surface area contributed by atoms with Crippen LogP contribution in [0.4, 0.5) is 0 Å². The summed E-state index contributed by atoms with van der Waals surface area (Å²) < 4.78 is 1.82. The summed E-state index contributed by atoms with van der Waals surface area (Å²) in [7, 11) is 0. The van der Waals surface area contributed by atoms with Gasteiger partial charge in [-0.1, -0.05) is 30.3 Å². The summed E-state index contributed by atoms with van der Waals surface area (Å²) in [6.45, 7) is 1.12. The van der Waals surface area contributed by atoms with E-state index in [1.54, 1.807) is 12.5 Å². The molecule has 0 saturated carbocycles. The Hall–Kier alpha value is -3.09. The maximum absolute atomic E-state index is 12.4. The molecule has 7 nitrogen and oxygen atoms in total. The van der Waals surface area contributed by atoms with Crippen molar-refractivity contribution in [2.75, 3.05) is 6.54 Å². The van der Waals surface area contributed by atoms with E-state index >= 15 is 0 Å². The van der Waals surface area contributed by atoms with Gasteiger partial charge in [-0.3, -0.25) is 4.79 Å². The smallest absolute Gasteiger partial charge is 0.225 e. The highest BCUT2D eigenvalue weighted by Crippen LogP contribution is 2.18. The minimum atomic E-state index is -0.0548. The lowest BCUT2D eigenvalue weighted by atomic mass is 9.99. The molecule has 0 radical (unpaired) electrons. The summed E-state index contributed by atoms with van der Waals surface area (Å²) in [6, 6.07) is 11.9. The summed E-state index contributed by atoms with van der Waals surface area (Å²) in [6.07, 6.45) is 5.52. The second-order valence-electron chi connectivity index (χ2n) is 6.36. The fourth-order valence-electron chi connectivity index (χ4n) is 3.18.